The third-order valence-electron chi connectivity index (χ3n) is 1.46. The number of aliphatic hydroxyl groups is 7. The van der Waals surface area contributed by atoms with E-state index >= 15 is 0 Å². The molecule has 0 spiro atoms. The number of hydrogen-bond acceptors (Lipinski definition) is 8. The summed E-state index contributed by atoms with van der Waals surface area (Å²) in [5.74, 6) is 0. The Hall–Kier alpha value is -0.320. The van der Waals surface area contributed by atoms with Crippen molar-refractivity contribution in [2.75, 3.05) is 39.6 Å². The summed E-state index contributed by atoms with van der Waals surface area (Å²) in [5.41, 5.74) is 0. The lowest BCUT2D eigenvalue weighted by atomic mass is 10.4. The normalized spacial score (nSPS) is 14.1. The summed E-state index contributed by atoms with van der Waals surface area (Å²) < 4.78 is 4.72. The van der Waals surface area contributed by atoms with Gasteiger partial charge in [0, 0.05) is 0 Å². The van der Waals surface area contributed by atoms with Crippen LogP contribution in [0.1, 0.15) is 0 Å². The summed E-state index contributed by atoms with van der Waals surface area (Å²) in [7, 11) is 0. The van der Waals surface area contributed by atoms with Gasteiger partial charge in [0.1, 0.15) is 18.3 Å². The first-order chi connectivity index (χ1) is 8.01. The quantitative estimate of drug-likeness (QED) is 0.233. The minimum Gasteiger partial charge on any atom is -0.394 e. The number of aliphatic hydroxyl groups excluding tert-OH is 7. The second-order valence-electron chi connectivity index (χ2n) is 3.23. The van der Waals surface area contributed by atoms with Gasteiger partial charge in [0.05, 0.1) is 39.6 Å². The van der Waals surface area contributed by atoms with Crippen molar-refractivity contribution in [3.8, 4) is 0 Å². The van der Waals surface area contributed by atoms with Gasteiger partial charge in [-0.2, -0.15) is 0 Å². The van der Waals surface area contributed by atoms with Crippen molar-refractivity contribution in [3.05, 3.63) is 0 Å². The van der Waals surface area contributed by atoms with Crippen molar-refractivity contribution in [2.24, 2.45) is 0 Å². The van der Waals surface area contributed by atoms with E-state index in [1.807, 2.05) is 0 Å². The van der Waals surface area contributed by atoms with Crippen LogP contribution in [0.15, 0.2) is 0 Å². The molecule has 0 bridgehead atoms. The van der Waals surface area contributed by atoms with Crippen LogP contribution in [0.4, 0.5) is 0 Å². The van der Waals surface area contributed by atoms with Crippen LogP contribution in [0, 0.1) is 0 Å². The molecule has 2 unspecified atom stereocenters. The van der Waals surface area contributed by atoms with Crippen molar-refractivity contribution >= 4 is 0 Å². The molecule has 8 nitrogen and oxygen atoms in total. The monoisotopic (exact) mass is 258 g/mol. The highest BCUT2D eigenvalue weighted by Gasteiger charge is 2.04. The maximum atomic E-state index is 8.72. The Bertz CT molecular complexity index is 131. The average molecular weight is 258 g/mol. The van der Waals surface area contributed by atoms with E-state index in [-0.39, 0.29) is 39.6 Å². The van der Waals surface area contributed by atoms with Gasteiger partial charge >= 0.3 is 0 Å². The molecular weight excluding hydrogens is 236 g/mol. The van der Waals surface area contributed by atoms with E-state index in [4.69, 9.17) is 40.5 Å². The van der Waals surface area contributed by atoms with Gasteiger partial charge in [-0.05, 0) is 0 Å². The molecule has 106 valence electrons. The van der Waals surface area contributed by atoms with Crippen LogP contribution in [-0.4, -0.2) is 93.7 Å². The lowest BCUT2D eigenvalue weighted by molar-refractivity contribution is -0.0364. The first kappa shape index (κ1) is 19.0. The molecule has 0 fully saturated rings. The molecule has 0 amide bonds. The van der Waals surface area contributed by atoms with Gasteiger partial charge in [-0.25, -0.2) is 0 Å². The second kappa shape index (κ2) is 13.7. The highest BCUT2D eigenvalue weighted by molar-refractivity contribution is 4.52. The molecule has 7 N–H and O–H groups in total. The Balaban J connectivity index is 0. The van der Waals surface area contributed by atoms with Crippen LogP contribution in [0.2, 0.25) is 0 Å². The van der Waals surface area contributed by atoms with Crippen LogP contribution in [-0.2, 0) is 4.74 Å². The lowest BCUT2D eigenvalue weighted by Crippen LogP contribution is -2.25. The van der Waals surface area contributed by atoms with Gasteiger partial charge < -0.3 is 40.5 Å². The summed E-state index contributed by atoms with van der Waals surface area (Å²) in [6, 6.07) is 0. The highest BCUT2D eigenvalue weighted by atomic mass is 16.5. The van der Waals surface area contributed by atoms with Crippen molar-refractivity contribution in [1.82, 2.24) is 0 Å². The molecule has 0 aromatic carbocycles. The average Bonchev–Trinajstić information content (AvgIpc) is 2.37. The molecule has 17 heavy (non-hydrogen) atoms. The Morgan fingerprint density at radius 1 is 0.588 bits per heavy atom. The van der Waals surface area contributed by atoms with Crippen molar-refractivity contribution in [3.63, 3.8) is 0 Å². The Morgan fingerprint density at radius 2 is 0.882 bits per heavy atom. The lowest BCUT2D eigenvalue weighted by Gasteiger charge is -2.10. The molecule has 0 saturated heterocycles. The molecule has 0 aliphatic heterocycles. The minimum absolute atomic E-state index is 0.0342. The van der Waals surface area contributed by atoms with Gasteiger partial charge in [0.25, 0.3) is 0 Å². The Morgan fingerprint density at radius 3 is 1.06 bits per heavy atom. The van der Waals surface area contributed by atoms with Gasteiger partial charge in [-0.15, -0.1) is 0 Å². The van der Waals surface area contributed by atoms with Crippen LogP contribution >= 0.6 is 0 Å². The van der Waals surface area contributed by atoms with Gasteiger partial charge in [-0.1, -0.05) is 0 Å². The molecule has 2 atom stereocenters. The SMILES string of the molecule is OCC(O)CO.OCC(O)COCC(O)CO. The van der Waals surface area contributed by atoms with E-state index in [1.165, 1.54) is 0 Å². The van der Waals surface area contributed by atoms with Crippen LogP contribution in [0.25, 0.3) is 0 Å². The molecule has 0 radical (unpaired) electrons. The Kier molecular flexibility index (Phi) is 15.4. The Labute approximate surface area is 99.3 Å². The van der Waals surface area contributed by atoms with Crippen LogP contribution in [0.3, 0.4) is 0 Å². The fourth-order valence-electron chi connectivity index (χ4n) is 0.503. The topological polar surface area (TPSA) is 151 Å². The van der Waals surface area contributed by atoms with Gasteiger partial charge in [0.15, 0.2) is 0 Å². The number of hydrogen-bond donors (Lipinski definition) is 7. The summed E-state index contributed by atoms with van der Waals surface area (Å²) in [5, 5.41) is 58.1. The third-order valence-corrected chi connectivity index (χ3v) is 1.46. The van der Waals surface area contributed by atoms with Crippen molar-refractivity contribution in [1.29, 1.82) is 0 Å². The predicted octanol–water partition coefficient (Wildman–Crippen LogP) is -3.96. The van der Waals surface area contributed by atoms with Crippen molar-refractivity contribution < 1.29 is 40.5 Å². The molecule has 0 aliphatic carbocycles. The maximum Gasteiger partial charge on any atom is 0.100 e. The molecule has 0 aromatic heterocycles. The first-order valence-electron chi connectivity index (χ1n) is 5.07. The molecule has 0 heterocycles. The first-order valence-corrected chi connectivity index (χ1v) is 5.07. The largest absolute Gasteiger partial charge is 0.394 e. The fraction of sp³-hybridized carbons (Fsp3) is 1.00. The molecule has 0 aliphatic rings. The summed E-state index contributed by atoms with van der Waals surface area (Å²) >= 11 is 0. The predicted molar refractivity (Wildman–Crippen MR) is 57.2 cm³/mol. The van der Waals surface area contributed by atoms with E-state index in [2.05, 4.69) is 0 Å². The summed E-state index contributed by atoms with van der Waals surface area (Å²) in [6.07, 6.45) is -2.79. The van der Waals surface area contributed by atoms with Crippen molar-refractivity contribution in [2.45, 2.75) is 18.3 Å². The van der Waals surface area contributed by atoms with Crippen LogP contribution in [0.5, 0.6) is 0 Å². The van der Waals surface area contributed by atoms with E-state index in [0.717, 1.165) is 0 Å². The molecule has 8 heteroatoms. The third kappa shape index (κ3) is 15.7. The zero-order valence-corrected chi connectivity index (χ0v) is 9.51. The van der Waals surface area contributed by atoms with Crippen LogP contribution < -0.4 is 0 Å². The van der Waals surface area contributed by atoms with E-state index in [0.29, 0.717) is 0 Å². The van der Waals surface area contributed by atoms with Gasteiger partial charge in [-0.3, -0.25) is 0 Å². The highest BCUT2D eigenvalue weighted by Crippen LogP contribution is 1.87. The standard InChI is InChI=1S/C6H14O5.C3H8O3/c7-1-5(9)3-11-4-6(10)2-8;4-1-3(6)2-5/h5-10H,1-4H2;3-6H,1-2H2. The molecular formula is C9H22O8. The molecule has 0 saturated carbocycles. The summed E-state index contributed by atoms with van der Waals surface area (Å²) in [6.45, 7) is -1.53. The second-order valence-corrected chi connectivity index (χ2v) is 3.23. The fourth-order valence-corrected chi connectivity index (χ4v) is 0.503. The zero-order chi connectivity index (χ0) is 13.7. The molecule has 0 rings (SSSR count). The number of rotatable bonds is 8. The maximum absolute atomic E-state index is 8.72. The van der Waals surface area contributed by atoms with E-state index < -0.39 is 18.3 Å². The number of ether oxygens (including phenoxy) is 1. The molecule has 0 aromatic rings. The van der Waals surface area contributed by atoms with E-state index in [1.54, 1.807) is 0 Å². The zero-order valence-electron chi connectivity index (χ0n) is 9.51. The summed E-state index contributed by atoms with van der Waals surface area (Å²) in [4.78, 5) is 0. The van der Waals surface area contributed by atoms with E-state index in [9.17, 15) is 0 Å². The minimum atomic E-state index is -0.954. The smallest absolute Gasteiger partial charge is 0.100 e. The van der Waals surface area contributed by atoms with Gasteiger partial charge in [0.2, 0.25) is 0 Å².